The van der Waals surface area contributed by atoms with E-state index in [1.165, 1.54) is 244 Å². The number of rotatable bonds is 42. The average molecular weight is 777 g/mol. The van der Waals surface area contributed by atoms with Crippen LogP contribution in [0.15, 0.2) is 12.8 Å². The molecule has 0 aromatic heterocycles. The lowest BCUT2D eigenvalue weighted by atomic mass is 10.0. The molecule has 0 saturated carbocycles. The van der Waals surface area contributed by atoms with Gasteiger partial charge in [-0.2, -0.15) is 0 Å². The number of ether oxygens (including phenoxy) is 2. The maximum atomic E-state index is 8.88. The summed E-state index contributed by atoms with van der Waals surface area (Å²) in [5, 5.41) is 0. The van der Waals surface area contributed by atoms with Crippen LogP contribution in [0.25, 0.3) is 0 Å². The summed E-state index contributed by atoms with van der Waals surface area (Å²) in [6, 6.07) is 0. The highest BCUT2D eigenvalue weighted by Crippen LogP contribution is 2.26. The third-order valence-corrected chi connectivity index (χ3v) is 10.0. The first-order valence-corrected chi connectivity index (χ1v) is 25.0. The second-order valence-corrected chi connectivity index (χ2v) is 16.6. The average Bonchev–Trinajstić information content (AvgIpc) is 3.13. The fourth-order valence-corrected chi connectivity index (χ4v) is 6.66. The first kappa shape index (κ1) is 56.9. The molecule has 6 nitrogen and oxygen atoms in total. The van der Waals surface area contributed by atoms with E-state index in [2.05, 4.69) is 27.4 Å². The Hall–Kier alpha value is -0.390. The highest BCUT2D eigenvalue weighted by Gasteiger charge is 2.00. The summed E-state index contributed by atoms with van der Waals surface area (Å²) in [6.45, 7) is 13.3. The molecule has 0 aliphatic carbocycles. The molecule has 0 radical (unpaired) electrons. The molecule has 322 valence electrons. The van der Waals surface area contributed by atoms with Crippen LogP contribution in [-0.4, -0.2) is 34.5 Å². The van der Waals surface area contributed by atoms with Crippen LogP contribution in [0.1, 0.15) is 265 Å². The maximum Gasteiger partial charge on any atom is 0.466 e. The molecule has 0 saturated heterocycles. The van der Waals surface area contributed by atoms with E-state index in [1.807, 2.05) is 0 Å². The van der Waals surface area contributed by atoms with Crippen molar-refractivity contribution in [3.63, 3.8) is 0 Å². The monoisotopic (exact) mass is 777 g/mol. The van der Waals surface area contributed by atoms with E-state index in [0.29, 0.717) is 0 Å². The van der Waals surface area contributed by atoms with Gasteiger partial charge in [0.25, 0.3) is 0 Å². The topological polar surface area (TPSA) is 96.2 Å². The Kier molecular flexibility index (Phi) is 57.7. The Morgan fingerprint density at radius 1 is 0.358 bits per heavy atom. The van der Waals surface area contributed by atoms with E-state index in [0.717, 1.165) is 19.8 Å². The van der Waals surface area contributed by atoms with Gasteiger partial charge in [-0.3, -0.25) is 0 Å². The highest BCUT2D eigenvalue weighted by molar-refractivity contribution is 7.45. The fraction of sp³-hybridized carbons (Fsp3) is 0.957. The van der Waals surface area contributed by atoms with Gasteiger partial charge in [0.15, 0.2) is 0 Å². The predicted molar refractivity (Wildman–Crippen MR) is 234 cm³/mol. The van der Waals surface area contributed by atoms with Crippen LogP contribution in [0.4, 0.5) is 0 Å². The number of hydrogen-bond acceptors (Lipinski definition) is 3. The van der Waals surface area contributed by atoms with E-state index >= 15 is 0 Å². The van der Waals surface area contributed by atoms with Gasteiger partial charge in [0.2, 0.25) is 0 Å². The van der Waals surface area contributed by atoms with Crippen molar-refractivity contribution in [3.05, 3.63) is 12.8 Å². The third kappa shape index (κ3) is 73.4. The van der Waals surface area contributed by atoms with Gasteiger partial charge in [-0.25, -0.2) is 4.57 Å². The van der Waals surface area contributed by atoms with Gasteiger partial charge in [0, 0.05) is 13.2 Å². The zero-order valence-electron chi connectivity index (χ0n) is 36.3. The minimum atomic E-state index is -4.64. The normalized spacial score (nSPS) is 11.1. The van der Waals surface area contributed by atoms with E-state index in [-0.39, 0.29) is 0 Å². The summed E-state index contributed by atoms with van der Waals surface area (Å²) >= 11 is 0. The van der Waals surface area contributed by atoms with Crippen LogP contribution in [-0.2, 0) is 14.0 Å². The van der Waals surface area contributed by atoms with Crippen molar-refractivity contribution in [1.29, 1.82) is 0 Å². The largest absolute Gasteiger partial charge is 0.502 e. The third-order valence-electron chi connectivity index (χ3n) is 10.0. The lowest BCUT2D eigenvalue weighted by Gasteiger charge is -2.05. The molecule has 0 fully saturated rings. The Morgan fingerprint density at radius 3 is 0.717 bits per heavy atom. The lowest BCUT2D eigenvalue weighted by molar-refractivity contribution is 0.125. The first-order chi connectivity index (χ1) is 25.8. The molecule has 0 aliphatic rings. The van der Waals surface area contributed by atoms with Crippen molar-refractivity contribution >= 4 is 7.82 Å². The molecular weight excluding hydrogens is 679 g/mol. The Labute approximate surface area is 333 Å². The summed E-state index contributed by atoms with van der Waals surface area (Å²) in [4.78, 5) is 21.6. The summed E-state index contributed by atoms with van der Waals surface area (Å²) in [7, 11) is -4.64. The summed E-state index contributed by atoms with van der Waals surface area (Å²) in [6.07, 6.45) is 55.3. The molecule has 0 bridgehead atoms. The van der Waals surface area contributed by atoms with Gasteiger partial charge in [-0.1, -0.05) is 252 Å². The molecule has 0 aromatic carbocycles. The van der Waals surface area contributed by atoms with Gasteiger partial charge in [-0.15, -0.1) is 0 Å². The van der Waals surface area contributed by atoms with Crippen LogP contribution in [0.3, 0.4) is 0 Å². The zero-order chi connectivity index (χ0) is 39.6. The second kappa shape index (κ2) is 53.7. The van der Waals surface area contributed by atoms with E-state index in [4.69, 9.17) is 28.7 Å². The highest BCUT2D eigenvalue weighted by atomic mass is 31.2. The van der Waals surface area contributed by atoms with Crippen molar-refractivity contribution in [1.82, 2.24) is 0 Å². The summed E-state index contributed by atoms with van der Waals surface area (Å²) in [5.74, 6) is 0. The van der Waals surface area contributed by atoms with Crippen LogP contribution in [0, 0.1) is 0 Å². The molecule has 0 heterocycles. The molecule has 0 unspecified atom stereocenters. The number of hydrogen-bond donors (Lipinski definition) is 3. The quantitative estimate of drug-likeness (QED) is 0.0325. The van der Waals surface area contributed by atoms with Crippen molar-refractivity contribution in [2.24, 2.45) is 0 Å². The van der Waals surface area contributed by atoms with Gasteiger partial charge in [-0.05, 0) is 19.3 Å². The van der Waals surface area contributed by atoms with E-state index in [9.17, 15) is 0 Å². The van der Waals surface area contributed by atoms with Gasteiger partial charge in [0.1, 0.15) is 0 Å². The van der Waals surface area contributed by atoms with Gasteiger partial charge >= 0.3 is 7.82 Å². The molecule has 7 heteroatoms. The smallest absolute Gasteiger partial charge is 0.466 e. The predicted octanol–water partition coefficient (Wildman–Crippen LogP) is 16.1. The lowest BCUT2D eigenvalue weighted by Crippen LogP contribution is -1.97. The van der Waals surface area contributed by atoms with Gasteiger partial charge in [0.05, 0.1) is 12.9 Å². The molecule has 0 spiro atoms. The molecule has 0 amide bonds. The van der Waals surface area contributed by atoms with Crippen molar-refractivity contribution in [2.75, 3.05) is 19.8 Å². The second-order valence-electron chi connectivity index (χ2n) is 15.5. The standard InChI is InChI=1S/C24H50O.C22H44O.H3O4P/c1-3-5-7-9-11-13-15-17-19-21-23-25-24-22-20-18-16-14-12-10-8-6-4-2;1-3-5-6-7-8-9-10-11-12-13-14-15-16-17-18-19-20-21-22-23-4-2;1-5(2,3)4/h3-24H2,1-2H3;4H,2-3,5-22H2,1H3;(H3,1,2,3,4). The molecule has 0 aromatic rings. The fourth-order valence-electron chi connectivity index (χ4n) is 6.66. The minimum Gasteiger partial charge on any atom is -0.502 e. The maximum absolute atomic E-state index is 8.88. The van der Waals surface area contributed by atoms with Crippen LogP contribution in [0.5, 0.6) is 0 Å². The number of unbranched alkanes of at least 4 members (excludes halogenated alkanes) is 35. The molecule has 53 heavy (non-hydrogen) atoms. The van der Waals surface area contributed by atoms with Crippen LogP contribution < -0.4 is 0 Å². The number of phosphoric acid groups is 1. The Morgan fingerprint density at radius 2 is 0.528 bits per heavy atom. The van der Waals surface area contributed by atoms with Crippen molar-refractivity contribution in [3.8, 4) is 0 Å². The van der Waals surface area contributed by atoms with E-state index in [1.54, 1.807) is 6.26 Å². The van der Waals surface area contributed by atoms with Crippen molar-refractivity contribution in [2.45, 2.75) is 265 Å². The van der Waals surface area contributed by atoms with Crippen LogP contribution >= 0.6 is 7.82 Å². The Bertz CT molecular complexity index is 640. The summed E-state index contributed by atoms with van der Waals surface area (Å²) in [5.41, 5.74) is 0. The molecule has 0 rings (SSSR count). The zero-order valence-corrected chi connectivity index (χ0v) is 37.2. The minimum absolute atomic E-state index is 0.849. The first-order valence-electron chi connectivity index (χ1n) is 23.4. The molecule has 0 aliphatic heterocycles. The SMILES string of the molecule is C=COCCCCCCCCCCCCCCCCCCCC.CCCCCCCCCCCCOCCCCCCCCCCCC.O=P(O)(O)O. The summed E-state index contributed by atoms with van der Waals surface area (Å²) < 4.78 is 19.8. The van der Waals surface area contributed by atoms with E-state index < -0.39 is 7.82 Å². The Balaban J connectivity index is -0.000000837. The van der Waals surface area contributed by atoms with Gasteiger partial charge < -0.3 is 24.2 Å². The molecular formula is C46H97O6P. The van der Waals surface area contributed by atoms with Crippen LogP contribution in [0.2, 0.25) is 0 Å². The van der Waals surface area contributed by atoms with Crippen molar-refractivity contribution < 1.29 is 28.7 Å². The molecule has 0 atom stereocenters. The molecule has 3 N–H and O–H groups in total.